The molecule has 1 heterocycles. The second-order valence-electron chi connectivity index (χ2n) is 6.88. The van der Waals surface area contributed by atoms with Crippen LogP contribution in [-0.2, 0) is 4.79 Å². The monoisotopic (exact) mass is 338 g/mol. The molecular formula is C17H23ClN2O3. The molecule has 2 amide bonds. The summed E-state index contributed by atoms with van der Waals surface area (Å²) in [5.41, 5.74) is 5.17. The van der Waals surface area contributed by atoms with Crippen molar-refractivity contribution >= 4 is 23.4 Å². The van der Waals surface area contributed by atoms with E-state index in [0.29, 0.717) is 30.1 Å². The normalized spacial score (nSPS) is 18.7. The largest absolute Gasteiger partial charge is 0.508 e. The molecule has 0 saturated carbocycles. The molecule has 23 heavy (non-hydrogen) atoms. The van der Waals surface area contributed by atoms with Crippen LogP contribution in [0, 0.1) is 11.3 Å². The first kappa shape index (κ1) is 17.6. The van der Waals surface area contributed by atoms with Gasteiger partial charge in [-0.25, -0.2) is 0 Å². The Hall–Kier alpha value is -1.75. The summed E-state index contributed by atoms with van der Waals surface area (Å²) in [5, 5.41) is 9.90. The van der Waals surface area contributed by atoms with Crippen molar-refractivity contribution in [3.05, 3.63) is 28.8 Å². The lowest BCUT2D eigenvalue weighted by molar-refractivity contribution is -0.127. The fourth-order valence-corrected chi connectivity index (χ4v) is 3.28. The summed E-state index contributed by atoms with van der Waals surface area (Å²) in [6.07, 6.45) is 2.50. The average molecular weight is 339 g/mol. The number of benzene rings is 1. The second-order valence-corrected chi connectivity index (χ2v) is 7.28. The van der Waals surface area contributed by atoms with E-state index in [4.69, 9.17) is 17.3 Å². The predicted molar refractivity (Wildman–Crippen MR) is 89.3 cm³/mol. The molecule has 1 aliphatic rings. The zero-order valence-corrected chi connectivity index (χ0v) is 14.3. The maximum Gasteiger partial charge on any atom is 0.255 e. The molecule has 0 aliphatic carbocycles. The highest BCUT2D eigenvalue weighted by atomic mass is 35.5. The van der Waals surface area contributed by atoms with Crippen LogP contribution >= 0.6 is 11.6 Å². The first-order chi connectivity index (χ1) is 10.7. The lowest BCUT2D eigenvalue weighted by Gasteiger charge is -2.36. The minimum Gasteiger partial charge on any atom is -0.508 e. The van der Waals surface area contributed by atoms with Crippen LogP contribution in [0.25, 0.3) is 0 Å². The highest BCUT2D eigenvalue weighted by Crippen LogP contribution is 2.32. The first-order valence-electron chi connectivity index (χ1n) is 7.78. The fourth-order valence-electron chi connectivity index (χ4n) is 3.09. The molecule has 3 N–H and O–H groups in total. The third-order valence-corrected chi connectivity index (χ3v) is 4.78. The molecular weight excluding hydrogens is 316 g/mol. The number of rotatable bonds is 4. The van der Waals surface area contributed by atoms with E-state index in [2.05, 4.69) is 0 Å². The summed E-state index contributed by atoms with van der Waals surface area (Å²) in [6, 6.07) is 4.36. The molecule has 2 rings (SSSR count). The molecule has 0 spiro atoms. The summed E-state index contributed by atoms with van der Waals surface area (Å²) < 4.78 is 0. The number of likely N-dealkylation sites (tertiary alicyclic amines) is 1. The summed E-state index contributed by atoms with van der Waals surface area (Å²) in [5.74, 6) is -0.267. The molecule has 1 atom stereocenters. The lowest BCUT2D eigenvalue weighted by Crippen LogP contribution is -2.43. The third kappa shape index (κ3) is 4.16. The molecule has 1 aromatic rings. The number of carbonyl (C=O) groups is 2. The number of nitrogens with zero attached hydrogens (tertiary/aromatic N) is 1. The fraction of sp³-hybridized carbons (Fsp3) is 0.529. The van der Waals surface area contributed by atoms with E-state index in [-0.39, 0.29) is 23.5 Å². The molecule has 0 aromatic heterocycles. The van der Waals surface area contributed by atoms with Crippen LogP contribution in [0.1, 0.15) is 43.5 Å². The molecule has 0 unspecified atom stereocenters. The molecule has 1 fully saturated rings. The van der Waals surface area contributed by atoms with E-state index in [9.17, 15) is 14.7 Å². The van der Waals surface area contributed by atoms with Gasteiger partial charge < -0.3 is 15.7 Å². The van der Waals surface area contributed by atoms with Gasteiger partial charge in [-0.3, -0.25) is 9.59 Å². The van der Waals surface area contributed by atoms with Gasteiger partial charge in [0.25, 0.3) is 5.91 Å². The van der Waals surface area contributed by atoms with Gasteiger partial charge in [0.15, 0.2) is 0 Å². The van der Waals surface area contributed by atoms with Gasteiger partial charge in [0.1, 0.15) is 5.75 Å². The zero-order chi connectivity index (χ0) is 17.2. The number of carbonyl (C=O) groups excluding carboxylic acids is 2. The summed E-state index contributed by atoms with van der Waals surface area (Å²) in [4.78, 5) is 25.9. The Labute approximate surface area is 141 Å². The van der Waals surface area contributed by atoms with Crippen LogP contribution in [0.5, 0.6) is 5.75 Å². The number of halogens is 1. The van der Waals surface area contributed by atoms with Crippen molar-refractivity contribution in [1.29, 1.82) is 0 Å². The van der Waals surface area contributed by atoms with E-state index in [1.165, 1.54) is 18.2 Å². The molecule has 1 aromatic carbocycles. The highest BCUT2D eigenvalue weighted by molar-refractivity contribution is 6.33. The molecule has 1 saturated heterocycles. The molecule has 0 radical (unpaired) electrons. The van der Waals surface area contributed by atoms with Crippen LogP contribution in [-0.4, -0.2) is 34.9 Å². The Morgan fingerprint density at radius 2 is 2.13 bits per heavy atom. The van der Waals surface area contributed by atoms with Gasteiger partial charge in [0, 0.05) is 18.5 Å². The minimum absolute atomic E-state index is 0.0150. The third-order valence-electron chi connectivity index (χ3n) is 4.45. The Balaban J connectivity index is 2.10. The average Bonchev–Trinajstić information content (AvgIpc) is 2.48. The van der Waals surface area contributed by atoms with Gasteiger partial charge in [-0.2, -0.15) is 0 Å². The van der Waals surface area contributed by atoms with Crippen LogP contribution in [0.3, 0.4) is 0 Å². The predicted octanol–water partition coefficient (Wildman–Crippen LogP) is 2.80. The van der Waals surface area contributed by atoms with Gasteiger partial charge >= 0.3 is 0 Å². The standard InChI is InChI=1S/C17H23ClN2O3/c1-17(2,16(19)23)9-11-4-3-7-20(10-11)15(22)13-8-12(21)5-6-14(13)18/h5-6,8,11,21H,3-4,7,9-10H2,1-2H3,(H2,19,23)/t11-/m0/s1. The topological polar surface area (TPSA) is 83.6 Å². The maximum atomic E-state index is 12.7. The van der Waals surface area contributed by atoms with Crippen molar-refractivity contribution in [2.45, 2.75) is 33.1 Å². The van der Waals surface area contributed by atoms with Crippen LogP contribution in [0.4, 0.5) is 0 Å². The molecule has 0 bridgehead atoms. The van der Waals surface area contributed by atoms with E-state index in [0.717, 1.165) is 12.8 Å². The first-order valence-corrected chi connectivity index (χ1v) is 8.16. The van der Waals surface area contributed by atoms with Crippen molar-refractivity contribution in [2.24, 2.45) is 17.1 Å². The van der Waals surface area contributed by atoms with Crippen molar-refractivity contribution in [3.63, 3.8) is 0 Å². The second kappa shape index (κ2) is 6.79. The van der Waals surface area contributed by atoms with Gasteiger partial charge in [-0.15, -0.1) is 0 Å². The number of nitrogens with two attached hydrogens (primary N) is 1. The van der Waals surface area contributed by atoms with Crippen LogP contribution < -0.4 is 5.73 Å². The number of amides is 2. The molecule has 1 aliphatic heterocycles. The molecule has 5 nitrogen and oxygen atoms in total. The molecule has 126 valence electrons. The van der Waals surface area contributed by atoms with Crippen molar-refractivity contribution in [3.8, 4) is 5.75 Å². The zero-order valence-electron chi connectivity index (χ0n) is 13.5. The SMILES string of the molecule is CC(C)(C[C@@H]1CCCN(C(=O)c2cc(O)ccc2Cl)C1)C(N)=O. The number of hydrogen-bond donors (Lipinski definition) is 2. The van der Waals surface area contributed by atoms with Crippen molar-refractivity contribution < 1.29 is 14.7 Å². The quantitative estimate of drug-likeness (QED) is 0.885. The Kier molecular flexibility index (Phi) is 5.19. The van der Waals surface area contributed by atoms with Crippen LogP contribution in [0.15, 0.2) is 18.2 Å². The maximum absolute atomic E-state index is 12.7. The Morgan fingerprint density at radius 1 is 1.43 bits per heavy atom. The molecule has 6 heteroatoms. The number of piperidine rings is 1. The van der Waals surface area contributed by atoms with E-state index in [1.54, 1.807) is 4.90 Å². The number of aromatic hydroxyl groups is 1. The van der Waals surface area contributed by atoms with Gasteiger partial charge in [0.2, 0.25) is 5.91 Å². The summed E-state index contributed by atoms with van der Waals surface area (Å²) >= 11 is 6.07. The van der Waals surface area contributed by atoms with Gasteiger partial charge in [-0.05, 0) is 43.4 Å². The highest BCUT2D eigenvalue weighted by Gasteiger charge is 2.33. The Morgan fingerprint density at radius 3 is 2.78 bits per heavy atom. The van der Waals surface area contributed by atoms with Crippen molar-refractivity contribution in [1.82, 2.24) is 4.90 Å². The van der Waals surface area contributed by atoms with Crippen molar-refractivity contribution in [2.75, 3.05) is 13.1 Å². The number of primary amides is 1. The van der Waals surface area contributed by atoms with E-state index < -0.39 is 5.41 Å². The number of phenolic OH excluding ortho intramolecular Hbond substituents is 1. The van der Waals surface area contributed by atoms with Crippen LogP contribution in [0.2, 0.25) is 5.02 Å². The lowest BCUT2D eigenvalue weighted by atomic mass is 9.79. The number of hydrogen-bond acceptors (Lipinski definition) is 3. The number of phenols is 1. The minimum atomic E-state index is -0.584. The van der Waals surface area contributed by atoms with Gasteiger partial charge in [0.05, 0.1) is 10.6 Å². The van der Waals surface area contributed by atoms with Gasteiger partial charge in [-0.1, -0.05) is 25.4 Å². The van der Waals surface area contributed by atoms with E-state index in [1.807, 2.05) is 13.8 Å². The smallest absolute Gasteiger partial charge is 0.255 e. The summed E-state index contributed by atoms with van der Waals surface area (Å²) in [6.45, 7) is 4.89. The summed E-state index contributed by atoms with van der Waals surface area (Å²) in [7, 11) is 0. The Bertz CT molecular complexity index is 616. The van der Waals surface area contributed by atoms with E-state index >= 15 is 0 Å².